The van der Waals surface area contributed by atoms with Gasteiger partial charge in [0.25, 0.3) is 0 Å². The van der Waals surface area contributed by atoms with Gasteiger partial charge in [-0.05, 0) is 34.1 Å². The van der Waals surface area contributed by atoms with Crippen LogP contribution in [0.2, 0.25) is 0 Å². The molecule has 12 heteroatoms. The Bertz CT molecular complexity index is 952. The lowest BCUT2D eigenvalue weighted by Gasteiger charge is -2.24. The molecule has 30 heavy (non-hydrogen) atoms. The van der Waals surface area contributed by atoms with E-state index in [9.17, 15) is 9.46 Å². The highest BCUT2D eigenvalue weighted by Gasteiger charge is 2.55. The fourth-order valence-corrected chi connectivity index (χ4v) is 4.95. The molecule has 166 valence electrons. The lowest BCUT2D eigenvalue weighted by molar-refractivity contribution is -0.168. The van der Waals surface area contributed by atoms with Crippen molar-refractivity contribution in [2.24, 2.45) is 0 Å². The summed E-state index contributed by atoms with van der Waals surface area (Å²) in [6.07, 6.45) is 2.01. The number of nitrogens with zero attached hydrogens (tertiary/aromatic N) is 4. The number of rotatable bonds is 8. The highest BCUT2D eigenvalue weighted by Crippen LogP contribution is 2.48. The Morgan fingerprint density at radius 3 is 2.73 bits per heavy atom. The zero-order valence-electron chi connectivity index (χ0n) is 17.4. The summed E-state index contributed by atoms with van der Waals surface area (Å²) in [4.78, 5) is 22.9. The van der Waals surface area contributed by atoms with Gasteiger partial charge in [0.2, 0.25) is 5.88 Å². The highest BCUT2D eigenvalue weighted by molar-refractivity contribution is 7.52. The number of aromatic nitrogens is 4. The van der Waals surface area contributed by atoms with Crippen LogP contribution < -0.4 is 4.74 Å². The fourth-order valence-electron chi connectivity index (χ4n) is 4.09. The Hall–Kier alpha value is -1.62. The zero-order chi connectivity index (χ0) is 21.5. The molecule has 2 aromatic rings. The Labute approximate surface area is 174 Å². The highest BCUT2D eigenvalue weighted by atomic mass is 31.2. The summed E-state index contributed by atoms with van der Waals surface area (Å²) in [5.74, 6) is -0.384. The van der Waals surface area contributed by atoms with Gasteiger partial charge in [-0.3, -0.25) is 4.57 Å². The third-order valence-corrected chi connectivity index (χ3v) is 6.27. The molecule has 11 nitrogen and oxygen atoms in total. The minimum Gasteiger partial charge on any atom is -0.476 e. The van der Waals surface area contributed by atoms with Crippen LogP contribution in [0.15, 0.2) is 12.7 Å². The van der Waals surface area contributed by atoms with E-state index in [4.69, 9.17) is 23.5 Å². The molecule has 0 bridgehead atoms. The first kappa shape index (κ1) is 21.6. The number of imidazole rings is 1. The molecule has 5 atom stereocenters. The molecule has 2 aromatic heterocycles. The topological polar surface area (TPSA) is 127 Å². The molecule has 0 amide bonds. The molecule has 0 spiro atoms. The lowest BCUT2D eigenvalue weighted by Crippen LogP contribution is -2.31. The number of hydrogen-bond acceptors (Lipinski definition) is 9. The molecule has 2 fully saturated rings. The van der Waals surface area contributed by atoms with Gasteiger partial charge in [0.1, 0.15) is 24.9 Å². The average molecular weight is 442 g/mol. The first-order valence-corrected chi connectivity index (χ1v) is 11.7. The van der Waals surface area contributed by atoms with Crippen LogP contribution in [0.5, 0.6) is 5.88 Å². The molecular weight excluding hydrogens is 415 g/mol. The van der Waals surface area contributed by atoms with E-state index in [2.05, 4.69) is 15.0 Å². The van der Waals surface area contributed by atoms with E-state index < -0.39 is 31.9 Å². The van der Waals surface area contributed by atoms with Gasteiger partial charge in [0.05, 0.1) is 31.7 Å². The van der Waals surface area contributed by atoms with Crippen LogP contribution in [0, 0.1) is 0 Å². The predicted molar refractivity (Wildman–Crippen MR) is 105 cm³/mol. The van der Waals surface area contributed by atoms with Gasteiger partial charge >= 0.3 is 7.60 Å². The van der Waals surface area contributed by atoms with Crippen LogP contribution in [-0.2, 0) is 23.3 Å². The minimum absolute atomic E-state index is 0.131. The Balaban J connectivity index is 1.62. The van der Waals surface area contributed by atoms with Crippen molar-refractivity contribution in [3.05, 3.63) is 12.7 Å². The molecule has 1 unspecified atom stereocenters. The second kappa shape index (κ2) is 8.14. The monoisotopic (exact) mass is 442 g/mol. The largest absolute Gasteiger partial charge is 0.476 e. The van der Waals surface area contributed by atoms with E-state index in [1.165, 1.54) is 6.33 Å². The van der Waals surface area contributed by atoms with E-state index in [1.54, 1.807) is 13.3 Å². The number of fused-ring (bicyclic) bond motifs is 2. The quantitative estimate of drug-likeness (QED) is 0.608. The molecule has 0 aromatic carbocycles. The summed E-state index contributed by atoms with van der Waals surface area (Å²) < 4.78 is 42.4. The summed E-state index contributed by atoms with van der Waals surface area (Å²) in [6.45, 7) is 7.79. The van der Waals surface area contributed by atoms with Crippen molar-refractivity contribution >= 4 is 18.8 Å². The van der Waals surface area contributed by atoms with Crippen LogP contribution in [0.1, 0.15) is 40.2 Å². The standard InChI is InChI=1S/C18H27N4O7P/c1-5-25-17-13-16(19-8-20-17)22(9-21-13)11-7-12(26-10-30(23,24)27-6-2)15-14(11)28-18(3,4)29-15/h8-9,11-12,14-15H,5-7,10H2,1-4H3,(H,23,24)/t11-,12+,14+,15-/m1/s1. The van der Waals surface area contributed by atoms with Crippen molar-refractivity contribution in [1.82, 2.24) is 19.5 Å². The van der Waals surface area contributed by atoms with E-state index in [0.29, 0.717) is 30.1 Å². The maximum absolute atomic E-state index is 12.1. The molecule has 1 N–H and O–H groups in total. The van der Waals surface area contributed by atoms with Gasteiger partial charge < -0.3 is 32.9 Å². The van der Waals surface area contributed by atoms with Gasteiger partial charge in [0.15, 0.2) is 17.0 Å². The van der Waals surface area contributed by atoms with Crippen molar-refractivity contribution in [3.63, 3.8) is 0 Å². The lowest BCUT2D eigenvalue weighted by atomic mass is 10.2. The summed E-state index contributed by atoms with van der Waals surface area (Å²) in [5.41, 5.74) is 1.18. The average Bonchev–Trinajstić information content (AvgIpc) is 3.32. The summed E-state index contributed by atoms with van der Waals surface area (Å²) in [5, 5.41) is 0. The van der Waals surface area contributed by atoms with Gasteiger partial charge in [-0.1, -0.05) is 0 Å². The molecule has 0 radical (unpaired) electrons. The van der Waals surface area contributed by atoms with Crippen molar-refractivity contribution in [2.75, 3.05) is 19.6 Å². The number of hydrogen-bond donors (Lipinski definition) is 1. The van der Waals surface area contributed by atoms with Crippen LogP contribution in [0.4, 0.5) is 0 Å². The Morgan fingerprint density at radius 2 is 2.00 bits per heavy atom. The molecule has 4 rings (SSSR count). The smallest absolute Gasteiger partial charge is 0.353 e. The van der Waals surface area contributed by atoms with Gasteiger partial charge in [-0.2, -0.15) is 4.98 Å². The maximum atomic E-state index is 12.1. The van der Waals surface area contributed by atoms with Crippen molar-refractivity contribution < 1.29 is 32.9 Å². The second-order valence-corrected chi connectivity index (χ2v) is 9.48. The van der Waals surface area contributed by atoms with Gasteiger partial charge in [-0.25, -0.2) is 9.97 Å². The van der Waals surface area contributed by atoms with Crippen LogP contribution >= 0.6 is 7.60 Å². The summed E-state index contributed by atoms with van der Waals surface area (Å²) >= 11 is 0. The normalized spacial score (nSPS) is 29.8. The third-order valence-electron chi connectivity index (χ3n) is 5.13. The van der Waals surface area contributed by atoms with Gasteiger partial charge in [0, 0.05) is 0 Å². The second-order valence-electron chi connectivity index (χ2n) is 7.69. The van der Waals surface area contributed by atoms with E-state index in [0.717, 1.165) is 0 Å². The maximum Gasteiger partial charge on any atom is 0.353 e. The molecule has 1 saturated heterocycles. The van der Waals surface area contributed by atoms with Crippen molar-refractivity contribution in [2.45, 2.75) is 64.3 Å². The molecule has 1 aliphatic carbocycles. The first-order chi connectivity index (χ1) is 14.2. The third kappa shape index (κ3) is 4.10. The summed E-state index contributed by atoms with van der Waals surface area (Å²) in [6, 6.07) is -0.193. The summed E-state index contributed by atoms with van der Waals surface area (Å²) in [7, 11) is -3.82. The number of ether oxygens (including phenoxy) is 4. The molecule has 3 heterocycles. The first-order valence-electron chi connectivity index (χ1n) is 9.98. The van der Waals surface area contributed by atoms with Crippen LogP contribution in [-0.4, -0.2) is 68.1 Å². The van der Waals surface area contributed by atoms with Crippen molar-refractivity contribution in [1.29, 1.82) is 0 Å². The fraction of sp³-hybridized carbons (Fsp3) is 0.722. The minimum atomic E-state index is -3.82. The van der Waals surface area contributed by atoms with Gasteiger partial charge in [-0.15, -0.1) is 0 Å². The van der Waals surface area contributed by atoms with E-state index in [1.807, 2.05) is 25.3 Å². The predicted octanol–water partition coefficient (Wildman–Crippen LogP) is 2.25. The Morgan fingerprint density at radius 1 is 1.23 bits per heavy atom. The van der Waals surface area contributed by atoms with Crippen LogP contribution in [0.3, 0.4) is 0 Å². The molecule has 1 aliphatic heterocycles. The van der Waals surface area contributed by atoms with E-state index in [-0.39, 0.29) is 18.8 Å². The van der Waals surface area contributed by atoms with E-state index >= 15 is 0 Å². The molecule has 1 saturated carbocycles. The SMILES string of the molecule is CCOc1ncnc2c1ncn2[C@@H]1C[C@H](OCP(=O)(O)OCC)[C@H]2OC(C)(C)O[C@H]21. The molecule has 2 aliphatic rings. The Kier molecular flexibility index (Phi) is 5.86. The zero-order valence-corrected chi connectivity index (χ0v) is 18.3. The molecular formula is C18H27N4O7P. The van der Waals surface area contributed by atoms with Crippen LogP contribution in [0.25, 0.3) is 11.2 Å². The van der Waals surface area contributed by atoms with Crippen molar-refractivity contribution in [3.8, 4) is 5.88 Å².